The van der Waals surface area contributed by atoms with Crippen LogP contribution >= 0.6 is 0 Å². The van der Waals surface area contributed by atoms with E-state index in [-0.39, 0.29) is 10.5 Å². The van der Waals surface area contributed by atoms with E-state index in [4.69, 9.17) is 5.26 Å². The second-order valence-electron chi connectivity index (χ2n) is 4.51. The zero-order valence-corrected chi connectivity index (χ0v) is 12.0. The molecule has 2 rings (SSSR count). The first kappa shape index (κ1) is 14.1. The first-order chi connectivity index (χ1) is 9.44. The van der Waals surface area contributed by atoms with E-state index in [2.05, 4.69) is 4.72 Å². The second-order valence-corrected chi connectivity index (χ2v) is 6.16. The topological polar surface area (TPSA) is 70.0 Å². The van der Waals surface area contributed by atoms with Crippen LogP contribution in [0.1, 0.15) is 16.7 Å². The fraction of sp³-hybridized carbons (Fsp3) is 0.133. The van der Waals surface area contributed by atoms with E-state index in [0.29, 0.717) is 5.69 Å². The van der Waals surface area contributed by atoms with Gasteiger partial charge in [0.2, 0.25) is 0 Å². The SMILES string of the molecule is Cc1ccc(NS(=O)(=O)c2ccccc2C#N)cc1C. The number of nitriles is 1. The van der Waals surface area contributed by atoms with Crippen molar-refractivity contribution >= 4 is 15.7 Å². The Balaban J connectivity index is 2.41. The minimum Gasteiger partial charge on any atom is -0.280 e. The van der Waals surface area contributed by atoms with Crippen molar-refractivity contribution in [3.8, 4) is 6.07 Å². The number of hydrogen-bond acceptors (Lipinski definition) is 3. The number of nitrogens with zero attached hydrogens (tertiary/aromatic N) is 1. The molecule has 1 N–H and O–H groups in total. The van der Waals surface area contributed by atoms with Gasteiger partial charge in [-0.25, -0.2) is 8.42 Å². The normalized spacial score (nSPS) is 10.8. The molecule has 0 amide bonds. The number of aryl methyl sites for hydroxylation is 2. The molecule has 102 valence electrons. The highest BCUT2D eigenvalue weighted by Crippen LogP contribution is 2.21. The van der Waals surface area contributed by atoms with Gasteiger partial charge in [0, 0.05) is 5.69 Å². The molecule has 0 aliphatic rings. The van der Waals surface area contributed by atoms with Crippen LogP contribution in [-0.4, -0.2) is 8.42 Å². The van der Waals surface area contributed by atoms with Crippen molar-refractivity contribution in [3.05, 3.63) is 59.2 Å². The molecule has 0 spiro atoms. The van der Waals surface area contributed by atoms with Crippen molar-refractivity contribution in [1.29, 1.82) is 5.26 Å². The van der Waals surface area contributed by atoms with Crippen molar-refractivity contribution in [1.82, 2.24) is 0 Å². The van der Waals surface area contributed by atoms with Crippen LogP contribution in [-0.2, 0) is 10.0 Å². The molecule has 2 aromatic rings. The van der Waals surface area contributed by atoms with Gasteiger partial charge in [-0.2, -0.15) is 5.26 Å². The summed E-state index contributed by atoms with van der Waals surface area (Å²) in [6, 6.07) is 13.3. The van der Waals surface area contributed by atoms with E-state index in [0.717, 1.165) is 11.1 Å². The lowest BCUT2D eigenvalue weighted by Gasteiger charge is -2.10. The third kappa shape index (κ3) is 2.81. The summed E-state index contributed by atoms with van der Waals surface area (Å²) in [5, 5.41) is 8.99. The lowest BCUT2D eigenvalue weighted by Crippen LogP contribution is -2.14. The maximum atomic E-state index is 12.3. The summed E-state index contributed by atoms with van der Waals surface area (Å²) in [6.07, 6.45) is 0. The summed E-state index contributed by atoms with van der Waals surface area (Å²) in [5.74, 6) is 0. The average Bonchev–Trinajstić information content (AvgIpc) is 2.42. The Morgan fingerprint density at radius 3 is 2.40 bits per heavy atom. The third-order valence-electron chi connectivity index (χ3n) is 3.06. The monoisotopic (exact) mass is 286 g/mol. The van der Waals surface area contributed by atoms with Gasteiger partial charge in [-0.3, -0.25) is 4.72 Å². The van der Waals surface area contributed by atoms with Crippen molar-refractivity contribution in [2.45, 2.75) is 18.7 Å². The van der Waals surface area contributed by atoms with Crippen molar-refractivity contribution in [2.24, 2.45) is 0 Å². The van der Waals surface area contributed by atoms with E-state index < -0.39 is 10.0 Å². The quantitative estimate of drug-likeness (QED) is 0.943. The van der Waals surface area contributed by atoms with Crippen LogP contribution in [0.2, 0.25) is 0 Å². The molecular weight excluding hydrogens is 272 g/mol. The molecule has 0 unspecified atom stereocenters. The minimum atomic E-state index is -3.76. The summed E-state index contributed by atoms with van der Waals surface area (Å²) >= 11 is 0. The molecule has 4 nitrogen and oxygen atoms in total. The number of benzene rings is 2. The molecule has 0 fully saturated rings. The van der Waals surface area contributed by atoms with Crippen LogP contribution in [0.3, 0.4) is 0 Å². The second kappa shape index (κ2) is 5.35. The van der Waals surface area contributed by atoms with E-state index in [1.54, 1.807) is 24.3 Å². The highest BCUT2D eigenvalue weighted by molar-refractivity contribution is 7.92. The lowest BCUT2D eigenvalue weighted by molar-refractivity contribution is 0.601. The van der Waals surface area contributed by atoms with Gasteiger partial charge >= 0.3 is 0 Å². The number of rotatable bonds is 3. The molecule has 2 aromatic carbocycles. The number of hydrogen-bond donors (Lipinski definition) is 1. The maximum Gasteiger partial charge on any atom is 0.263 e. The summed E-state index contributed by atoms with van der Waals surface area (Å²) in [6.45, 7) is 3.87. The van der Waals surface area contributed by atoms with Crippen LogP contribution in [0, 0.1) is 25.2 Å². The molecule has 5 heteroatoms. The van der Waals surface area contributed by atoms with E-state index >= 15 is 0 Å². The fourth-order valence-electron chi connectivity index (χ4n) is 1.81. The highest BCUT2D eigenvalue weighted by atomic mass is 32.2. The Labute approximate surface area is 118 Å². The predicted molar refractivity (Wildman–Crippen MR) is 77.9 cm³/mol. The Bertz CT molecular complexity index is 790. The maximum absolute atomic E-state index is 12.3. The first-order valence-electron chi connectivity index (χ1n) is 6.03. The zero-order valence-electron chi connectivity index (χ0n) is 11.2. The summed E-state index contributed by atoms with van der Waals surface area (Å²) in [4.78, 5) is -0.0132. The van der Waals surface area contributed by atoms with E-state index in [1.165, 1.54) is 12.1 Å². The van der Waals surface area contributed by atoms with Gasteiger partial charge in [0.25, 0.3) is 10.0 Å². The highest BCUT2D eigenvalue weighted by Gasteiger charge is 2.18. The summed E-state index contributed by atoms with van der Waals surface area (Å²) in [5.41, 5.74) is 2.70. The molecule has 0 bridgehead atoms. The van der Waals surface area contributed by atoms with Gasteiger partial charge in [0.1, 0.15) is 11.0 Å². The smallest absolute Gasteiger partial charge is 0.263 e. The largest absolute Gasteiger partial charge is 0.280 e. The average molecular weight is 286 g/mol. The van der Waals surface area contributed by atoms with Crippen molar-refractivity contribution in [3.63, 3.8) is 0 Å². The molecule has 0 aromatic heterocycles. The first-order valence-corrected chi connectivity index (χ1v) is 7.51. The Hall–Kier alpha value is -2.32. The van der Waals surface area contributed by atoms with Crippen LogP contribution in [0.15, 0.2) is 47.4 Å². The summed E-state index contributed by atoms with van der Waals surface area (Å²) < 4.78 is 27.1. The van der Waals surface area contributed by atoms with Crippen molar-refractivity contribution in [2.75, 3.05) is 4.72 Å². The van der Waals surface area contributed by atoms with Gasteiger partial charge < -0.3 is 0 Å². The van der Waals surface area contributed by atoms with Crippen LogP contribution in [0.4, 0.5) is 5.69 Å². The van der Waals surface area contributed by atoms with Crippen LogP contribution in [0.25, 0.3) is 0 Å². The predicted octanol–water partition coefficient (Wildman–Crippen LogP) is 2.98. The van der Waals surface area contributed by atoms with Crippen LogP contribution < -0.4 is 4.72 Å². The molecule has 0 aliphatic heterocycles. The van der Waals surface area contributed by atoms with Crippen LogP contribution in [0.5, 0.6) is 0 Å². The number of nitrogens with one attached hydrogen (secondary N) is 1. The van der Waals surface area contributed by atoms with Gasteiger partial charge in [-0.1, -0.05) is 18.2 Å². The van der Waals surface area contributed by atoms with Crippen molar-refractivity contribution < 1.29 is 8.42 Å². The molecular formula is C15H14N2O2S. The minimum absolute atomic E-state index is 0.0132. The van der Waals surface area contributed by atoms with Gasteiger partial charge in [-0.05, 0) is 49.2 Å². The zero-order chi connectivity index (χ0) is 14.8. The molecule has 0 atom stereocenters. The molecule has 0 saturated carbocycles. The Kier molecular flexibility index (Phi) is 3.77. The summed E-state index contributed by atoms with van der Waals surface area (Å²) in [7, 11) is -3.76. The van der Waals surface area contributed by atoms with E-state index in [9.17, 15) is 8.42 Å². The molecule has 0 saturated heterocycles. The Morgan fingerprint density at radius 2 is 1.75 bits per heavy atom. The number of sulfonamides is 1. The van der Waals surface area contributed by atoms with Gasteiger partial charge in [-0.15, -0.1) is 0 Å². The van der Waals surface area contributed by atoms with Gasteiger partial charge in [0.05, 0.1) is 5.56 Å². The van der Waals surface area contributed by atoms with E-state index in [1.807, 2.05) is 26.0 Å². The Morgan fingerprint density at radius 1 is 1.05 bits per heavy atom. The lowest BCUT2D eigenvalue weighted by atomic mass is 10.1. The number of anilines is 1. The standard InChI is InChI=1S/C15H14N2O2S/c1-11-7-8-14(9-12(11)2)17-20(18,19)15-6-4-3-5-13(15)10-16/h3-9,17H,1-2H3. The molecule has 0 aliphatic carbocycles. The molecule has 0 radical (unpaired) electrons. The fourth-order valence-corrected chi connectivity index (χ4v) is 3.02. The van der Waals surface area contributed by atoms with Gasteiger partial charge in [0.15, 0.2) is 0 Å². The molecule has 20 heavy (non-hydrogen) atoms. The third-order valence-corrected chi connectivity index (χ3v) is 4.50. The molecule has 0 heterocycles.